The highest BCUT2D eigenvalue weighted by molar-refractivity contribution is 7.89. The summed E-state index contributed by atoms with van der Waals surface area (Å²) in [6, 6.07) is 0.745. The van der Waals surface area contributed by atoms with E-state index in [-0.39, 0.29) is 0 Å². The van der Waals surface area contributed by atoms with Crippen LogP contribution in [0.3, 0.4) is 0 Å². The Labute approximate surface area is 97.3 Å². The molecule has 96 valence electrons. The lowest BCUT2D eigenvalue weighted by Gasteiger charge is -2.12. The summed E-state index contributed by atoms with van der Waals surface area (Å²) in [7, 11) is -4.17. The lowest BCUT2D eigenvalue weighted by Crippen LogP contribution is -2.35. The van der Waals surface area contributed by atoms with Crippen LogP contribution in [0.25, 0.3) is 0 Å². The van der Waals surface area contributed by atoms with E-state index in [9.17, 15) is 17.2 Å². The zero-order valence-corrected chi connectivity index (χ0v) is 9.76. The molecule has 0 aliphatic heterocycles. The van der Waals surface area contributed by atoms with Gasteiger partial charge in [-0.2, -0.15) is 0 Å². The summed E-state index contributed by atoms with van der Waals surface area (Å²) in [5.41, 5.74) is 4.19. The Balaban J connectivity index is 3.21. The Kier molecular flexibility index (Phi) is 4.02. The van der Waals surface area contributed by atoms with Crippen LogP contribution in [0, 0.1) is 11.6 Å². The monoisotopic (exact) mass is 266 g/mol. The van der Waals surface area contributed by atoms with E-state index in [0.717, 1.165) is 12.1 Å². The van der Waals surface area contributed by atoms with E-state index in [1.54, 1.807) is 0 Å². The number of nitrogens with one attached hydrogen (secondary N) is 1. The van der Waals surface area contributed by atoms with E-state index in [2.05, 4.69) is 0 Å². The van der Waals surface area contributed by atoms with Gasteiger partial charge in [-0.05, 0) is 19.1 Å². The van der Waals surface area contributed by atoms with E-state index >= 15 is 0 Å². The minimum absolute atomic E-state index is 0.447. The fraction of sp³-hybridized carbons (Fsp3) is 0.333. The molecule has 0 bridgehead atoms. The molecule has 0 saturated heterocycles. The summed E-state index contributed by atoms with van der Waals surface area (Å²) in [5.74, 6) is -2.38. The fourth-order valence-electron chi connectivity index (χ4n) is 1.12. The Bertz CT molecular complexity index is 519. The first-order valence-electron chi connectivity index (χ1n) is 4.66. The van der Waals surface area contributed by atoms with E-state index in [0.29, 0.717) is 0 Å². The second-order valence-electron chi connectivity index (χ2n) is 3.48. The molecule has 0 aromatic heterocycles. The molecule has 1 rings (SSSR count). The first-order valence-corrected chi connectivity index (χ1v) is 6.14. The zero-order chi connectivity index (χ0) is 13.2. The van der Waals surface area contributed by atoms with Crippen molar-refractivity contribution in [2.45, 2.75) is 17.9 Å². The molecule has 4 N–H and O–H groups in total. The van der Waals surface area contributed by atoms with Gasteiger partial charge < -0.3 is 10.8 Å². The summed E-state index contributed by atoms with van der Waals surface area (Å²) in [6.07, 6.45) is 0. The quantitative estimate of drug-likeness (QED) is 0.679. The zero-order valence-electron chi connectivity index (χ0n) is 8.94. The molecule has 1 aromatic rings. The minimum Gasteiger partial charge on any atom is -0.395 e. The molecule has 0 fully saturated rings. The van der Waals surface area contributed by atoms with Crippen molar-refractivity contribution in [1.82, 2.24) is 4.72 Å². The van der Waals surface area contributed by atoms with Crippen LogP contribution >= 0.6 is 0 Å². The first kappa shape index (κ1) is 13.8. The highest BCUT2D eigenvalue weighted by atomic mass is 32.2. The van der Waals surface area contributed by atoms with Crippen LogP contribution in [0.1, 0.15) is 6.92 Å². The van der Waals surface area contributed by atoms with Crippen molar-refractivity contribution in [2.24, 2.45) is 0 Å². The molecule has 0 unspecified atom stereocenters. The molecule has 0 radical (unpaired) electrons. The van der Waals surface area contributed by atoms with Gasteiger partial charge in [0, 0.05) is 6.04 Å². The lowest BCUT2D eigenvalue weighted by molar-refractivity contribution is 0.265. The normalized spacial score (nSPS) is 13.6. The maximum atomic E-state index is 13.5. The van der Waals surface area contributed by atoms with Crippen LogP contribution < -0.4 is 10.5 Å². The van der Waals surface area contributed by atoms with Crippen LogP contribution in [0.4, 0.5) is 14.5 Å². The Morgan fingerprint density at radius 1 is 1.47 bits per heavy atom. The smallest absolute Gasteiger partial charge is 0.243 e. The second kappa shape index (κ2) is 4.94. The predicted octanol–water partition coefficient (Wildman–Crippen LogP) is 0.206. The van der Waals surface area contributed by atoms with Crippen LogP contribution in [0.2, 0.25) is 0 Å². The number of rotatable bonds is 4. The van der Waals surface area contributed by atoms with Gasteiger partial charge in [0.1, 0.15) is 16.4 Å². The maximum Gasteiger partial charge on any atom is 0.243 e. The molecule has 0 saturated carbocycles. The molecular formula is C9H12F2N2O3S. The molecule has 0 amide bonds. The van der Waals surface area contributed by atoms with Crippen LogP contribution in [-0.2, 0) is 10.0 Å². The summed E-state index contributed by atoms with van der Waals surface area (Å²) in [6.45, 7) is 0.944. The average Bonchev–Trinajstić information content (AvgIpc) is 2.24. The third-order valence-electron chi connectivity index (χ3n) is 2.01. The van der Waals surface area contributed by atoms with Crippen molar-refractivity contribution < 1.29 is 22.3 Å². The highest BCUT2D eigenvalue weighted by Gasteiger charge is 2.23. The molecule has 17 heavy (non-hydrogen) atoms. The standard InChI is InChI=1S/C9H12F2N2O3S/c1-5(4-14)13-17(15,16)7-3-2-6(10)9(12)8(7)11/h2-3,5,13-14H,4,12H2,1H3/t5-/m1/s1. The summed E-state index contributed by atoms with van der Waals surface area (Å²) >= 11 is 0. The van der Waals surface area contributed by atoms with Gasteiger partial charge in [-0.1, -0.05) is 0 Å². The van der Waals surface area contributed by atoms with Gasteiger partial charge in [0.25, 0.3) is 0 Å². The SMILES string of the molecule is C[C@H](CO)NS(=O)(=O)c1ccc(F)c(N)c1F. The third-order valence-corrected chi connectivity index (χ3v) is 3.62. The van der Waals surface area contributed by atoms with Gasteiger partial charge in [-0.15, -0.1) is 0 Å². The number of sulfonamides is 1. The maximum absolute atomic E-state index is 13.5. The molecule has 0 spiro atoms. The van der Waals surface area contributed by atoms with Crippen molar-refractivity contribution >= 4 is 15.7 Å². The van der Waals surface area contributed by atoms with Crippen molar-refractivity contribution in [3.05, 3.63) is 23.8 Å². The van der Waals surface area contributed by atoms with Crippen LogP contribution in [-0.4, -0.2) is 26.2 Å². The topological polar surface area (TPSA) is 92.4 Å². The number of hydrogen-bond donors (Lipinski definition) is 3. The number of benzene rings is 1. The Morgan fingerprint density at radius 3 is 2.59 bits per heavy atom. The second-order valence-corrected chi connectivity index (χ2v) is 5.16. The third kappa shape index (κ3) is 2.90. The minimum atomic E-state index is -4.17. The Morgan fingerprint density at radius 2 is 2.06 bits per heavy atom. The van der Waals surface area contributed by atoms with Gasteiger partial charge in [0.15, 0.2) is 5.82 Å². The van der Waals surface area contributed by atoms with Crippen LogP contribution in [0.15, 0.2) is 17.0 Å². The molecule has 0 heterocycles. The van der Waals surface area contributed by atoms with Crippen molar-refractivity contribution in [3.8, 4) is 0 Å². The molecule has 1 atom stereocenters. The first-order chi connectivity index (χ1) is 7.79. The molecule has 8 heteroatoms. The summed E-state index contributed by atoms with van der Waals surface area (Å²) in [4.78, 5) is -0.753. The van der Waals surface area contributed by atoms with Crippen LogP contribution in [0.5, 0.6) is 0 Å². The van der Waals surface area contributed by atoms with E-state index < -0.39 is 44.9 Å². The van der Waals surface area contributed by atoms with Gasteiger partial charge in [0.05, 0.1) is 6.61 Å². The number of halogens is 2. The number of aliphatic hydroxyl groups excluding tert-OH is 1. The van der Waals surface area contributed by atoms with Crippen molar-refractivity contribution in [2.75, 3.05) is 12.3 Å². The van der Waals surface area contributed by atoms with Crippen molar-refractivity contribution in [1.29, 1.82) is 0 Å². The van der Waals surface area contributed by atoms with E-state index in [4.69, 9.17) is 10.8 Å². The Hall–Kier alpha value is -1.25. The van der Waals surface area contributed by atoms with E-state index in [1.165, 1.54) is 6.92 Å². The lowest BCUT2D eigenvalue weighted by atomic mass is 10.3. The van der Waals surface area contributed by atoms with Gasteiger partial charge >= 0.3 is 0 Å². The number of anilines is 1. The van der Waals surface area contributed by atoms with Gasteiger partial charge in [0.2, 0.25) is 10.0 Å². The predicted molar refractivity (Wildman–Crippen MR) is 57.6 cm³/mol. The molecule has 0 aliphatic rings. The number of hydrogen-bond acceptors (Lipinski definition) is 4. The number of nitrogen functional groups attached to an aromatic ring is 1. The number of nitrogens with two attached hydrogens (primary N) is 1. The van der Waals surface area contributed by atoms with E-state index in [1.807, 2.05) is 4.72 Å². The fourth-order valence-corrected chi connectivity index (χ4v) is 2.45. The van der Waals surface area contributed by atoms with Crippen molar-refractivity contribution in [3.63, 3.8) is 0 Å². The molecule has 0 aliphatic carbocycles. The number of aliphatic hydroxyl groups is 1. The molecule has 1 aromatic carbocycles. The largest absolute Gasteiger partial charge is 0.395 e. The molecular weight excluding hydrogens is 254 g/mol. The average molecular weight is 266 g/mol. The van der Waals surface area contributed by atoms with Gasteiger partial charge in [-0.25, -0.2) is 21.9 Å². The summed E-state index contributed by atoms with van der Waals surface area (Å²) < 4.78 is 51.6. The highest BCUT2D eigenvalue weighted by Crippen LogP contribution is 2.22. The molecule has 5 nitrogen and oxygen atoms in total. The summed E-state index contributed by atoms with van der Waals surface area (Å²) in [5, 5.41) is 8.71. The van der Waals surface area contributed by atoms with Gasteiger partial charge in [-0.3, -0.25) is 0 Å².